The highest BCUT2D eigenvalue weighted by Crippen LogP contribution is 2.14. The maximum atomic E-state index is 13.5. The molecule has 1 rings (SSSR count). The highest BCUT2D eigenvalue weighted by atomic mass is 19.1. The monoisotopic (exact) mass is 266 g/mol. The Morgan fingerprint density at radius 2 is 1.84 bits per heavy atom. The summed E-state index contributed by atoms with van der Waals surface area (Å²) in [7, 11) is 0. The molecule has 0 bridgehead atoms. The summed E-state index contributed by atoms with van der Waals surface area (Å²) in [6.07, 6.45) is 0.456. The van der Waals surface area contributed by atoms with Crippen LogP contribution in [0.2, 0.25) is 0 Å². The predicted octanol–water partition coefficient (Wildman–Crippen LogP) is 2.45. The van der Waals surface area contributed by atoms with Crippen molar-refractivity contribution in [1.82, 2.24) is 10.6 Å². The molecule has 19 heavy (non-hydrogen) atoms. The quantitative estimate of drug-likeness (QED) is 0.777. The fourth-order valence-electron chi connectivity index (χ4n) is 1.97. The van der Waals surface area contributed by atoms with Crippen molar-refractivity contribution in [2.75, 3.05) is 6.54 Å². The standard InChI is InChI=1S/C15H23FN2O/c1-10(2)18-14(19)5-6-17-9-13-7-11(3)15(16)12(4)8-13/h7-8,10,17H,5-6,9H2,1-4H3,(H,18,19). The molecule has 0 saturated carbocycles. The van der Waals surface area contributed by atoms with Crippen LogP contribution >= 0.6 is 0 Å². The van der Waals surface area contributed by atoms with Crippen LogP contribution in [0.5, 0.6) is 0 Å². The topological polar surface area (TPSA) is 41.1 Å². The Morgan fingerprint density at radius 3 is 2.37 bits per heavy atom. The largest absolute Gasteiger partial charge is 0.354 e. The van der Waals surface area contributed by atoms with Gasteiger partial charge in [-0.05, 0) is 44.4 Å². The van der Waals surface area contributed by atoms with Crippen LogP contribution in [0.25, 0.3) is 0 Å². The first-order valence-electron chi connectivity index (χ1n) is 6.66. The molecule has 0 aromatic heterocycles. The first-order valence-corrected chi connectivity index (χ1v) is 6.66. The van der Waals surface area contributed by atoms with Gasteiger partial charge < -0.3 is 10.6 Å². The van der Waals surface area contributed by atoms with Crippen molar-refractivity contribution in [3.05, 3.63) is 34.6 Å². The van der Waals surface area contributed by atoms with Gasteiger partial charge in [0, 0.05) is 25.6 Å². The second kappa shape index (κ2) is 7.24. The molecule has 1 amide bonds. The molecular formula is C15H23FN2O. The predicted molar refractivity (Wildman–Crippen MR) is 75.5 cm³/mol. The van der Waals surface area contributed by atoms with E-state index in [-0.39, 0.29) is 17.8 Å². The van der Waals surface area contributed by atoms with Crippen LogP contribution in [0, 0.1) is 19.7 Å². The zero-order valence-electron chi connectivity index (χ0n) is 12.1. The minimum absolute atomic E-state index is 0.0500. The molecule has 1 aromatic rings. The lowest BCUT2D eigenvalue weighted by Gasteiger charge is -2.10. The summed E-state index contributed by atoms with van der Waals surface area (Å²) in [5.41, 5.74) is 2.37. The van der Waals surface area contributed by atoms with Crippen molar-refractivity contribution >= 4 is 5.91 Å². The van der Waals surface area contributed by atoms with Gasteiger partial charge in [0.2, 0.25) is 5.91 Å². The van der Waals surface area contributed by atoms with E-state index in [1.54, 1.807) is 13.8 Å². The summed E-state index contributed by atoms with van der Waals surface area (Å²) in [4.78, 5) is 11.4. The molecule has 106 valence electrons. The van der Waals surface area contributed by atoms with E-state index in [1.807, 2.05) is 26.0 Å². The number of halogens is 1. The number of benzene rings is 1. The number of rotatable bonds is 6. The second-order valence-corrected chi connectivity index (χ2v) is 5.19. The minimum Gasteiger partial charge on any atom is -0.354 e. The Hall–Kier alpha value is -1.42. The van der Waals surface area contributed by atoms with Gasteiger partial charge in [0.1, 0.15) is 5.82 Å². The molecule has 0 aliphatic carbocycles. The maximum absolute atomic E-state index is 13.5. The fraction of sp³-hybridized carbons (Fsp3) is 0.533. The number of nitrogens with one attached hydrogen (secondary N) is 2. The Morgan fingerprint density at radius 1 is 1.26 bits per heavy atom. The van der Waals surface area contributed by atoms with Crippen molar-refractivity contribution in [2.24, 2.45) is 0 Å². The Bertz CT molecular complexity index is 421. The van der Waals surface area contributed by atoms with Gasteiger partial charge in [0.15, 0.2) is 0 Å². The van der Waals surface area contributed by atoms with E-state index in [2.05, 4.69) is 10.6 Å². The first-order chi connectivity index (χ1) is 8.90. The summed E-state index contributed by atoms with van der Waals surface area (Å²) in [5, 5.41) is 6.04. The van der Waals surface area contributed by atoms with Gasteiger partial charge in [0.05, 0.1) is 0 Å². The average Bonchev–Trinajstić information content (AvgIpc) is 2.30. The van der Waals surface area contributed by atoms with E-state index in [1.165, 1.54) is 0 Å². The summed E-state index contributed by atoms with van der Waals surface area (Å²) in [5.74, 6) is -0.0889. The Kier molecular flexibility index (Phi) is 5.96. The van der Waals surface area contributed by atoms with Gasteiger partial charge in [0.25, 0.3) is 0 Å². The number of carbonyl (C=O) groups is 1. The minimum atomic E-state index is -0.139. The van der Waals surface area contributed by atoms with Gasteiger partial charge in [-0.3, -0.25) is 4.79 Å². The molecule has 0 atom stereocenters. The molecule has 0 spiro atoms. The lowest BCUT2D eigenvalue weighted by Crippen LogP contribution is -2.32. The average molecular weight is 266 g/mol. The van der Waals surface area contributed by atoms with Crippen LogP contribution < -0.4 is 10.6 Å². The van der Waals surface area contributed by atoms with E-state index in [9.17, 15) is 9.18 Å². The molecular weight excluding hydrogens is 243 g/mol. The highest BCUT2D eigenvalue weighted by Gasteiger charge is 2.05. The van der Waals surface area contributed by atoms with E-state index >= 15 is 0 Å². The van der Waals surface area contributed by atoms with Crippen LogP contribution in [-0.2, 0) is 11.3 Å². The molecule has 0 saturated heterocycles. The molecule has 0 unspecified atom stereocenters. The van der Waals surface area contributed by atoms with E-state index in [0.717, 1.165) is 5.56 Å². The van der Waals surface area contributed by atoms with Crippen LogP contribution in [-0.4, -0.2) is 18.5 Å². The zero-order valence-corrected chi connectivity index (χ0v) is 12.1. The maximum Gasteiger partial charge on any atom is 0.221 e. The van der Waals surface area contributed by atoms with Crippen molar-refractivity contribution in [3.63, 3.8) is 0 Å². The normalized spacial score (nSPS) is 10.8. The molecule has 0 heterocycles. The molecule has 1 aromatic carbocycles. The molecule has 0 aliphatic rings. The zero-order chi connectivity index (χ0) is 14.4. The Balaban J connectivity index is 2.36. The highest BCUT2D eigenvalue weighted by molar-refractivity contribution is 5.76. The van der Waals surface area contributed by atoms with E-state index in [0.29, 0.717) is 30.6 Å². The third kappa shape index (κ3) is 5.39. The summed E-state index contributed by atoms with van der Waals surface area (Å²) < 4.78 is 13.5. The van der Waals surface area contributed by atoms with Gasteiger partial charge >= 0.3 is 0 Å². The molecule has 2 N–H and O–H groups in total. The molecule has 0 aliphatic heterocycles. The molecule has 3 nitrogen and oxygen atoms in total. The van der Waals surface area contributed by atoms with Gasteiger partial charge in [-0.15, -0.1) is 0 Å². The molecule has 0 fully saturated rings. The number of amides is 1. The first kappa shape index (κ1) is 15.6. The smallest absolute Gasteiger partial charge is 0.221 e. The van der Waals surface area contributed by atoms with E-state index < -0.39 is 0 Å². The van der Waals surface area contributed by atoms with Crippen LogP contribution in [0.4, 0.5) is 4.39 Å². The molecule has 0 radical (unpaired) electrons. The van der Waals surface area contributed by atoms with Crippen LogP contribution in [0.1, 0.15) is 37.0 Å². The van der Waals surface area contributed by atoms with Crippen LogP contribution in [0.15, 0.2) is 12.1 Å². The number of hydrogen-bond acceptors (Lipinski definition) is 2. The summed E-state index contributed by atoms with van der Waals surface area (Å²) >= 11 is 0. The van der Waals surface area contributed by atoms with Crippen molar-refractivity contribution in [1.29, 1.82) is 0 Å². The Labute approximate surface area is 114 Å². The van der Waals surface area contributed by atoms with Gasteiger partial charge in [-0.25, -0.2) is 4.39 Å². The van der Waals surface area contributed by atoms with Crippen molar-refractivity contribution < 1.29 is 9.18 Å². The number of carbonyl (C=O) groups excluding carboxylic acids is 1. The van der Waals surface area contributed by atoms with Crippen molar-refractivity contribution in [3.8, 4) is 0 Å². The fourth-order valence-corrected chi connectivity index (χ4v) is 1.97. The SMILES string of the molecule is Cc1cc(CNCCC(=O)NC(C)C)cc(C)c1F. The lowest BCUT2D eigenvalue weighted by molar-refractivity contribution is -0.121. The number of aryl methyl sites for hydroxylation is 2. The van der Waals surface area contributed by atoms with E-state index in [4.69, 9.17) is 0 Å². The van der Waals surface area contributed by atoms with Gasteiger partial charge in [-0.2, -0.15) is 0 Å². The third-order valence-electron chi connectivity index (χ3n) is 2.80. The van der Waals surface area contributed by atoms with Crippen molar-refractivity contribution in [2.45, 2.75) is 46.7 Å². The lowest BCUT2D eigenvalue weighted by atomic mass is 10.1. The summed E-state index contributed by atoms with van der Waals surface area (Å²) in [6, 6.07) is 3.85. The summed E-state index contributed by atoms with van der Waals surface area (Å²) in [6.45, 7) is 8.68. The second-order valence-electron chi connectivity index (χ2n) is 5.19. The van der Waals surface area contributed by atoms with Gasteiger partial charge in [-0.1, -0.05) is 12.1 Å². The third-order valence-corrected chi connectivity index (χ3v) is 2.80. The number of hydrogen-bond donors (Lipinski definition) is 2. The van der Waals surface area contributed by atoms with Crippen LogP contribution in [0.3, 0.4) is 0 Å². The molecule has 4 heteroatoms.